The molecule has 0 aliphatic carbocycles. The van der Waals surface area contributed by atoms with E-state index in [4.69, 9.17) is 0 Å². The highest BCUT2D eigenvalue weighted by molar-refractivity contribution is 5.95. The zero-order valence-corrected chi connectivity index (χ0v) is 10.7. The highest BCUT2D eigenvalue weighted by Crippen LogP contribution is 2.07. The number of hydrogen-bond acceptors (Lipinski definition) is 4. The molecule has 0 bridgehead atoms. The highest BCUT2D eigenvalue weighted by atomic mass is 16.1. The lowest BCUT2D eigenvalue weighted by molar-refractivity contribution is 0.0987. The van der Waals surface area contributed by atoms with Gasteiger partial charge in [-0.1, -0.05) is 24.3 Å². The number of aromatic nitrogens is 4. The summed E-state index contributed by atoms with van der Waals surface area (Å²) in [6.07, 6.45) is 5.13. The van der Waals surface area contributed by atoms with E-state index in [1.54, 1.807) is 12.4 Å². The summed E-state index contributed by atoms with van der Waals surface area (Å²) < 4.78 is 0. The monoisotopic (exact) mass is 264 g/mol. The first-order chi connectivity index (χ1) is 9.83. The molecule has 0 aliphatic rings. The zero-order valence-electron chi connectivity index (χ0n) is 10.7. The van der Waals surface area contributed by atoms with E-state index >= 15 is 0 Å². The molecule has 98 valence electrons. The second kappa shape index (κ2) is 5.44. The summed E-state index contributed by atoms with van der Waals surface area (Å²) in [5.74, 6) is -0.0693. The smallest absolute Gasteiger partial charge is 0.189 e. The molecule has 0 spiro atoms. The van der Waals surface area contributed by atoms with Crippen LogP contribution in [0, 0.1) is 0 Å². The largest absolute Gasteiger partial charge is 0.292 e. The van der Waals surface area contributed by atoms with E-state index in [1.807, 2.05) is 42.5 Å². The van der Waals surface area contributed by atoms with Crippen LogP contribution in [0.1, 0.15) is 16.1 Å². The number of ketones is 1. The number of pyridine rings is 1. The number of para-hydroxylation sites is 1. The van der Waals surface area contributed by atoms with Crippen LogP contribution in [0.25, 0.3) is 5.69 Å². The van der Waals surface area contributed by atoms with Crippen molar-refractivity contribution in [1.29, 1.82) is 0 Å². The Morgan fingerprint density at radius 3 is 2.65 bits per heavy atom. The fourth-order valence-electron chi connectivity index (χ4n) is 1.86. The van der Waals surface area contributed by atoms with Crippen molar-refractivity contribution in [3.8, 4) is 5.69 Å². The summed E-state index contributed by atoms with van der Waals surface area (Å²) in [7, 11) is 0. The average Bonchev–Trinajstić information content (AvgIpc) is 2.99. The van der Waals surface area contributed by atoms with E-state index < -0.39 is 0 Å². The SMILES string of the molecule is O=C(Cc1cccnc1)c1cnn(-c2ccccc2)n1. The van der Waals surface area contributed by atoms with E-state index in [2.05, 4.69) is 15.2 Å². The van der Waals surface area contributed by atoms with Crippen molar-refractivity contribution in [3.63, 3.8) is 0 Å². The van der Waals surface area contributed by atoms with Gasteiger partial charge in [0.15, 0.2) is 5.78 Å². The molecule has 2 heterocycles. The average molecular weight is 264 g/mol. The molecule has 0 saturated heterocycles. The lowest BCUT2D eigenvalue weighted by Crippen LogP contribution is -2.06. The van der Waals surface area contributed by atoms with Gasteiger partial charge < -0.3 is 0 Å². The molecule has 0 amide bonds. The number of rotatable bonds is 4. The van der Waals surface area contributed by atoms with Gasteiger partial charge in [0.1, 0.15) is 5.69 Å². The van der Waals surface area contributed by atoms with Crippen LogP contribution in [0.2, 0.25) is 0 Å². The van der Waals surface area contributed by atoms with Crippen molar-refractivity contribution in [3.05, 3.63) is 72.3 Å². The molecule has 0 saturated carbocycles. The second-order valence-electron chi connectivity index (χ2n) is 4.32. The van der Waals surface area contributed by atoms with Gasteiger partial charge in [-0.3, -0.25) is 9.78 Å². The van der Waals surface area contributed by atoms with Gasteiger partial charge in [-0.2, -0.15) is 9.90 Å². The van der Waals surface area contributed by atoms with Crippen LogP contribution >= 0.6 is 0 Å². The fourth-order valence-corrected chi connectivity index (χ4v) is 1.86. The molecule has 0 atom stereocenters. The van der Waals surface area contributed by atoms with Crippen molar-refractivity contribution in [2.75, 3.05) is 0 Å². The molecule has 0 fully saturated rings. The number of carbonyl (C=O) groups is 1. The first-order valence-corrected chi connectivity index (χ1v) is 6.23. The molecule has 0 unspecified atom stereocenters. The van der Waals surface area contributed by atoms with Crippen LogP contribution in [-0.4, -0.2) is 25.8 Å². The summed E-state index contributed by atoms with van der Waals surface area (Å²) in [6, 6.07) is 13.2. The molecule has 3 aromatic rings. The number of carbonyl (C=O) groups excluding carboxylic acids is 1. The van der Waals surface area contributed by atoms with E-state index in [0.29, 0.717) is 5.69 Å². The summed E-state index contributed by atoms with van der Waals surface area (Å²) in [5, 5.41) is 8.33. The van der Waals surface area contributed by atoms with Gasteiger partial charge in [0.05, 0.1) is 11.9 Å². The molecular formula is C15H12N4O. The van der Waals surface area contributed by atoms with E-state index in [9.17, 15) is 4.79 Å². The van der Waals surface area contributed by atoms with Crippen molar-refractivity contribution < 1.29 is 4.79 Å². The summed E-state index contributed by atoms with van der Waals surface area (Å²) in [4.78, 5) is 17.6. The Balaban J connectivity index is 1.79. The van der Waals surface area contributed by atoms with Crippen LogP contribution < -0.4 is 0 Å². The number of nitrogens with zero attached hydrogens (tertiary/aromatic N) is 4. The van der Waals surface area contributed by atoms with Gasteiger partial charge in [0.2, 0.25) is 0 Å². The number of benzene rings is 1. The third-order valence-corrected chi connectivity index (χ3v) is 2.85. The number of Topliss-reactive ketones (excluding diaryl/α,β-unsaturated/α-hetero) is 1. The Morgan fingerprint density at radius 1 is 1.05 bits per heavy atom. The third-order valence-electron chi connectivity index (χ3n) is 2.85. The van der Waals surface area contributed by atoms with Gasteiger partial charge in [0, 0.05) is 18.8 Å². The first kappa shape index (κ1) is 12.2. The Hall–Kier alpha value is -2.82. The predicted molar refractivity (Wildman–Crippen MR) is 73.6 cm³/mol. The maximum absolute atomic E-state index is 12.1. The molecule has 1 aromatic carbocycles. The maximum Gasteiger partial charge on any atom is 0.189 e. The minimum absolute atomic E-state index is 0.0693. The summed E-state index contributed by atoms with van der Waals surface area (Å²) >= 11 is 0. The van der Waals surface area contributed by atoms with Gasteiger partial charge in [-0.15, -0.1) is 5.10 Å². The minimum Gasteiger partial charge on any atom is -0.292 e. The molecule has 2 aromatic heterocycles. The topological polar surface area (TPSA) is 60.7 Å². The van der Waals surface area contributed by atoms with Gasteiger partial charge in [-0.05, 0) is 23.8 Å². The lowest BCUT2D eigenvalue weighted by atomic mass is 10.1. The van der Waals surface area contributed by atoms with E-state index in [1.165, 1.54) is 11.0 Å². The number of hydrogen-bond donors (Lipinski definition) is 0. The van der Waals surface area contributed by atoms with E-state index in [0.717, 1.165) is 11.3 Å². The quantitative estimate of drug-likeness (QED) is 0.677. The van der Waals surface area contributed by atoms with Crippen LogP contribution in [0.4, 0.5) is 0 Å². The van der Waals surface area contributed by atoms with Gasteiger partial charge in [-0.25, -0.2) is 0 Å². The van der Waals surface area contributed by atoms with Gasteiger partial charge in [0.25, 0.3) is 0 Å². The first-order valence-electron chi connectivity index (χ1n) is 6.23. The van der Waals surface area contributed by atoms with Crippen LogP contribution in [0.5, 0.6) is 0 Å². The standard InChI is InChI=1S/C15H12N4O/c20-15(9-12-5-4-8-16-10-12)14-11-17-19(18-14)13-6-2-1-3-7-13/h1-8,10-11H,9H2. The van der Waals surface area contributed by atoms with Gasteiger partial charge >= 0.3 is 0 Å². The van der Waals surface area contributed by atoms with Crippen molar-refractivity contribution in [2.45, 2.75) is 6.42 Å². The normalized spacial score (nSPS) is 10.4. The fraction of sp³-hybridized carbons (Fsp3) is 0.0667. The molecule has 20 heavy (non-hydrogen) atoms. The van der Waals surface area contributed by atoms with Crippen molar-refractivity contribution in [2.24, 2.45) is 0 Å². The Kier molecular flexibility index (Phi) is 3.33. The molecule has 5 heteroatoms. The summed E-state index contributed by atoms with van der Waals surface area (Å²) in [5.41, 5.74) is 2.05. The molecule has 0 N–H and O–H groups in total. The third kappa shape index (κ3) is 2.61. The second-order valence-corrected chi connectivity index (χ2v) is 4.32. The zero-order chi connectivity index (χ0) is 13.8. The molecule has 0 aliphatic heterocycles. The van der Waals surface area contributed by atoms with Crippen LogP contribution in [-0.2, 0) is 6.42 Å². The lowest BCUT2D eigenvalue weighted by Gasteiger charge is -1.98. The Labute approximate surface area is 115 Å². The van der Waals surface area contributed by atoms with Crippen LogP contribution in [0.15, 0.2) is 61.1 Å². The molecule has 0 radical (unpaired) electrons. The van der Waals surface area contributed by atoms with Crippen LogP contribution in [0.3, 0.4) is 0 Å². The van der Waals surface area contributed by atoms with E-state index in [-0.39, 0.29) is 12.2 Å². The maximum atomic E-state index is 12.1. The predicted octanol–water partition coefficient (Wildman–Crippen LogP) is 2.09. The minimum atomic E-state index is -0.0693. The highest BCUT2D eigenvalue weighted by Gasteiger charge is 2.12. The van der Waals surface area contributed by atoms with Crippen molar-refractivity contribution in [1.82, 2.24) is 20.0 Å². The summed E-state index contributed by atoms with van der Waals surface area (Å²) in [6.45, 7) is 0. The molecule has 5 nitrogen and oxygen atoms in total. The molecular weight excluding hydrogens is 252 g/mol. The molecule has 3 rings (SSSR count). The van der Waals surface area contributed by atoms with Crippen molar-refractivity contribution >= 4 is 5.78 Å². The Bertz CT molecular complexity index is 707. The Morgan fingerprint density at radius 2 is 1.90 bits per heavy atom.